The number of hydrogen-bond acceptors (Lipinski definition) is 3. The molecule has 1 fully saturated rings. The number of nitrogens with one attached hydrogen (secondary N) is 2. The van der Waals surface area contributed by atoms with Gasteiger partial charge in [0.05, 0.1) is 0 Å². The molecule has 1 saturated heterocycles. The Morgan fingerprint density at radius 3 is 3.32 bits per heavy atom. The van der Waals surface area contributed by atoms with E-state index in [1.165, 1.54) is 6.08 Å². The molecule has 2 aromatic rings. The minimum atomic E-state index is 0.0217. The zero-order chi connectivity index (χ0) is 15.5. The van der Waals surface area contributed by atoms with Gasteiger partial charge >= 0.3 is 0 Å². The van der Waals surface area contributed by atoms with Gasteiger partial charge in [0.2, 0.25) is 5.91 Å². The van der Waals surface area contributed by atoms with Gasteiger partial charge in [0.15, 0.2) is 0 Å². The maximum Gasteiger partial charge on any atom is 0.245 e. The number of piperidine rings is 1. The van der Waals surface area contributed by atoms with E-state index in [1.54, 1.807) is 6.20 Å². The van der Waals surface area contributed by atoms with Crippen LogP contribution in [0.2, 0.25) is 5.15 Å². The van der Waals surface area contributed by atoms with Crippen molar-refractivity contribution < 1.29 is 4.79 Å². The largest absolute Gasteiger partial charge is 0.384 e. The van der Waals surface area contributed by atoms with Crippen molar-refractivity contribution in [1.29, 1.82) is 0 Å². The molecule has 3 rings (SSSR count). The summed E-state index contributed by atoms with van der Waals surface area (Å²) in [6, 6.07) is 3.82. The molecule has 2 aromatic heterocycles. The lowest BCUT2D eigenvalue weighted by Gasteiger charge is -2.32. The molecular formula is C16H19ClN4O. The van der Waals surface area contributed by atoms with Crippen molar-refractivity contribution in [3.8, 4) is 0 Å². The number of nitrogens with zero attached hydrogens (tertiary/aromatic N) is 2. The van der Waals surface area contributed by atoms with Crippen LogP contribution in [-0.4, -0.2) is 40.4 Å². The third kappa shape index (κ3) is 3.09. The van der Waals surface area contributed by atoms with Crippen LogP contribution in [0.3, 0.4) is 0 Å². The summed E-state index contributed by atoms with van der Waals surface area (Å²) >= 11 is 6.00. The molecule has 1 amide bonds. The molecule has 116 valence electrons. The standard InChI is InChI=1S/C16H19ClN4O/c1-2-15(22)21-7-3-4-11(10-21)9-19-13-5-6-18-16-12(13)8-14(17)20-16/h2,5-6,8,11H,1,3-4,7,9-10H2,(H2,18,19,20)/t11-/m1/s1. The number of carbonyl (C=O) groups is 1. The average molecular weight is 319 g/mol. The number of pyridine rings is 1. The molecule has 22 heavy (non-hydrogen) atoms. The zero-order valence-corrected chi connectivity index (χ0v) is 13.1. The van der Waals surface area contributed by atoms with Crippen molar-refractivity contribution in [2.45, 2.75) is 12.8 Å². The smallest absolute Gasteiger partial charge is 0.245 e. The third-order valence-electron chi connectivity index (χ3n) is 4.09. The summed E-state index contributed by atoms with van der Waals surface area (Å²) in [6.45, 7) is 5.99. The summed E-state index contributed by atoms with van der Waals surface area (Å²) in [5, 5.41) is 5.03. The van der Waals surface area contributed by atoms with Crippen molar-refractivity contribution in [2.24, 2.45) is 5.92 Å². The first-order chi connectivity index (χ1) is 10.7. The minimum absolute atomic E-state index is 0.0217. The van der Waals surface area contributed by atoms with E-state index in [0.29, 0.717) is 11.1 Å². The van der Waals surface area contributed by atoms with Crippen LogP contribution in [0.15, 0.2) is 31.0 Å². The van der Waals surface area contributed by atoms with Crippen molar-refractivity contribution in [3.63, 3.8) is 0 Å². The Balaban J connectivity index is 1.66. The molecule has 5 nitrogen and oxygen atoms in total. The Labute approximate surface area is 134 Å². The van der Waals surface area contributed by atoms with E-state index in [2.05, 4.69) is 21.9 Å². The Hall–Kier alpha value is -2.01. The number of anilines is 1. The van der Waals surface area contributed by atoms with Crippen molar-refractivity contribution >= 4 is 34.2 Å². The molecule has 0 unspecified atom stereocenters. The number of aromatic amines is 1. The van der Waals surface area contributed by atoms with Crippen LogP contribution in [0.4, 0.5) is 5.69 Å². The lowest BCUT2D eigenvalue weighted by molar-refractivity contribution is -0.127. The highest BCUT2D eigenvalue weighted by molar-refractivity contribution is 6.30. The molecular weight excluding hydrogens is 300 g/mol. The van der Waals surface area contributed by atoms with E-state index in [0.717, 1.165) is 49.2 Å². The second kappa shape index (κ2) is 6.40. The number of rotatable bonds is 4. The molecule has 0 bridgehead atoms. The number of H-pyrrole nitrogens is 1. The number of fused-ring (bicyclic) bond motifs is 1. The first-order valence-corrected chi connectivity index (χ1v) is 7.83. The lowest BCUT2D eigenvalue weighted by atomic mass is 9.97. The van der Waals surface area contributed by atoms with Gasteiger partial charge in [-0.2, -0.15) is 0 Å². The number of halogens is 1. The van der Waals surface area contributed by atoms with Crippen molar-refractivity contribution in [3.05, 3.63) is 36.1 Å². The maximum absolute atomic E-state index is 11.7. The second-order valence-electron chi connectivity index (χ2n) is 5.62. The topological polar surface area (TPSA) is 61.0 Å². The third-order valence-corrected chi connectivity index (χ3v) is 4.29. The zero-order valence-electron chi connectivity index (χ0n) is 12.3. The van der Waals surface area contributed by atoms with E-state index in [1.807, 2.05) is 17.0 Å². The second-order valence-corrected chi connectivity index (χ2v) is 6.02. The number of likely N-dealkylation sites (tertiary alicyclic amines) is 1. The van der Waals surface area contributed by atoms with Crippen LogP contribution in [-0.2, 0) is 4.79 Å². The van der Waals surface area contributed by atoms with Gasteiger partial charge in [0, 0.05) is 36.9 Å². The van der Waals surface area contributed by atoms with E-state index in [9.17, 15) is 4.79 Å². The first kappa shape index (κ1) is 14.9. The Morgan fingerprint density at radius 1 is 1.64 bits per heavy atom. The monoisotopic (exact) mass is 318 g/mol. The van der Waals surface area contributed by atoms with Crippen molar-refractivity contribution in [1.82, 2.24) is 14.9 Å². The highest BCUT2D eigenvalue weighted by Gasteiger charge is 2.22. The number of aromatic nitrogens is 2. The average Bonchev–Trinajstić information content (AvgIpc) is 2.93. The predicted molar refractivity (Wildman–Crippen MR) is 89.1 cm³/mol. The molecule has 0 aromatic carbocycles. The maximum atomic E-state index is 11.7. The van der Waals surface area contributed by atoms with Crippen LogP contribution >= 0.6 is 11.6 Å². The summed E-state index contributed by atoms with van der Waals surface area (Å²) in [6.07, 6.45) is 5.31. The normalized spacial score (nSPS) is 18.4. The molecule has 0 radical (unpaired) electrons. The predicted octanol–water partition coefficient (Wildman–Crippen LogP) is 3.05. The highest BCUT2D eigenvalue weighted by Crippen LogP contribution is 2.25. The number of amides is 1. The van der Waals surface area contributed by atoms with Gasteiger partial charge < -0.3 is 15.2 Å². The van der Waals surface area contributed by atoms with Gasteiger partial charge in [0.25, 0.3) is 0 Å². The van der Waals surface area contributed by atoms with Crippen LogP contribution in [0.25, 0.3) is 11.0 Å². The summed E-state index contributed by atoms with van der Waals surface area (Å²) in [5.41, 5.74) is 1.79. The molecule has 0 saturated carbocycles. The fraction of sp³-hybridized carbons (Fsp3) is 0.375. The highest BCUT2D eigenvalue weighted by atomic mass is 35.5. The summed E-state index contributed by atoms with van der Waals surface area (Å²) < 4.78 is 0. The molecule has 0 aliphatic carbocycles. The first-order valence-electron chi connectivity index (χ1n) is 7.46. The Kier molecular flexibility index (Phi) is 4.34. The molecule has 1 atom stereocenters. The molecule has 1 aliphatic rings. The molecule has 2 N–H and O–H groups in total. The van der Waals surface area contributed by atoms with Crippen LogP contribution in [0.5, 0.6) is 0 Å². The fourth-order valence-electron chi connectivity index (χ4n) is 2.96. The quantitative estimate of drug-likeness (QED) is 0.852. The van der Waals surface area contributed by atoms with E-state index in [-0.39, 0.29) is 5.91 Å². The van der Waals surface area contributed by atoms with Gasteiger partial charge in [-0.25, -0.2) is 4.98 Å². The van der Waals surface area contributed by atoms with Crippen molar-refractivity contribution in [2.75, 3.05) is 25.0 Å². The van der Waals surface area contributed by atoms with E-state index >= 15 is 0 Å². The molecule has 1 aliphatic heterocycles. The van der Waals surface area contributed by atoms with Crippen LogP contribution in [0, 0.1) is 5.92 Å². The van der Waals surface area contributed by atoms with Gasteiger partial charge in [-0.05, 0) is 37.0 Å². The number of carbonyl (C=O) groups excluding carboxylic acids is 1. The van der Waals surface area contributed by atoms with E-state index < -0.39 is 0 Å². The molecule has 0 spiro atoms. The molecule has 6 heteroatoms. The lowest BCUT2D eigenvalue weighted by Crippen LogP contribution is -2.41. The van der Waals surface area contributed by atoms with Gasteiger partial charge in [-0.15, -0.1) is 0 Å². The van der Waals surface area contributed by atoms with E-state index in [4.69, 9.17) is 11.6 Å². The van der Waals surface area contributed by atoms with Gasteiger partial charge in [-0.1, -0.05) is 18.2 Å². The van der Waals surface area contributed by atoms with Gasteiger partial charge in [-0.3, -0.25) is 4.79 Å². The summed E-state index contributed by atoms with van der Waals surface area (Å²) in [5.74, 6) is 0.462. The summed E-state index contributed by atoms with van der Waals surface area (Å²) in [7, 11) is 0. The fourth-order valence-corrected chi connectivity index (χ4v) is 3.16. The summed E-state index contributed by atoms with van der Waals surface area (Å²) in [4.78, 5) is 20.9. The van der Waals surface area contributed by atoms with Crippen LogP contribution in [0.1, 0.15) is 12.8 Å². The van der Waals surface area contributed by atoms with Crippen LogP contribution < -0.4 is 5.32 Å². The Morgan fingerprint density at radius 2 is 2.50 bits per heavy atom. The number of hydrogen-bond donors (Lipinski definition) is 2. The molecule has 3 heterocycles. The van der Waals surface area contributed by atoms with Gasteiger partial charge in [0.1, 0.15) is 10.8 Å². The minimum Gasteiger partial charge on any atom is -0.384 e. The Bertz CT molecular complexity index is 697. The SMILES string of the molecule is C=CC(=O)N1CCC[C@H](CNc2ccnc3[nH]c(Cl)cc23)C1.